The van der Waals surface area contributed by atoms with E-state index in [1.807, 2.05) is 52.4 Å². The maximum Gasteiger partial charge on any atom is 0.227 e. The van der Waals surface area contributed by atoms with Crippen molar-refractivity contribution in [3.63, 3.8) is 0 Å². The number of rotatable bonds is 5. The first-order valence-electron chi connectivity index (χ1n) is 12.0. The standard InChI is InChI=1S/C28H31N3O2/c32-27(18-23-19-29-26-12-5-4-10-24(23)26)30-16-13-22(14-17-30)25-11-6-7-15-31(28(25)33)20-21-8-2-1-3-9-21/h1-10,12,19,22,25,29H,11,13-18,20H2/t25-/m1/s1. The van der Waals surface area contributed by atoms with E-state index in [1.165, 1.54) is 0 Å². The number of likely N-dealkylation sites (tertiary alicyclic amines) is 1. The fourth-order valence-corrected chi connectivity index (χ4v) is 5.31. The third-order valence-electron chi connectivity index (χ3n) is 7.21. The summed E-state index contributed by atoms with van der Waals surface area (Å²) in [4.78, 5) is 33.6. The zero-order valence-electron chi connectivity index (χ0n) is 19.0. The van der Waals surface area contributed by atoms with Gasteiger partial charge in [0.05, 0.1) is 6.42 Å². The van der Waals surface area contributed by atoms with Gasteiger partial charge in [-0.25, -0.2) is 0 Å². The second-order valence-electron chi connectivity index (χ2n) is 9.27. The minimum absolute atomic E-state index is 0.0123. The molecule has 1 N–H and O–H groups in total. The van der Waals surface area contributed by atoms with E-state index in [4.69, 9.17) is 0 Å². The first-order chi connectivity index (χ1) is 16.2. The van der Waals surface area contributed by atoms with Gasteiger partial charge in [0.25, 0.3) is 0 Å². The third kappa shape index (κ3) is 4.72. The van der Waals surface area contributed by atoms with Crippen LogP contribution >= 0.6 is 0 Å². The van der Waals surface area contributed by atoms with Crippen LogP contribution in [0.5, 0.6) is 0 Å². The first kappa shape index (κ1) is 21.5. The van der Waals surface area contributed by atoms with Gasteiger partial charge < -0.3 is 14.8 Å². The number of aromatic nitrogens is 1. The Balaban J connectivity index is 1.19. The fraction of sp³-hybridized carbons (Fsp3) is 0.357. The Hall–Kier alpha value is -3.34. The van der Waals surface area contributed by atoms with Crippen LogP contribution in [0.15, 0.2) is 72.9 Å². The van der Waals surface area contributed by atoms with Crippen molar-refractivity contribution in [2.24, 2.45) is 11.8 Å². The predicted molar refractivity (Wildman–Crippen MR) is 130 cm³/mol. The largest absolute Gasteiger partial charge is 0.361 e. The highest BCUT2D eigenvalue weighted by molar-refractivity contribution is 5.89. The Morgan fingerprint density at radius 1 is 0.970 bits per heavy atom. The highest BCUT2D eigenvalue weighted by Gasteiger charge is 2.35. The molecule has 5 nitrogen and oxygen atoms in total. The lowest BCUT2D eigenvalue weighted by Crippen LogP contribution is -2.44. The van der Waals surface area contributed by atoms with Crippen LogP contribution < -0.4 is 0 Å². The van der Waals surface area contributed by atoms with Crippen molar-refractivity contribution >= 4 is 22.7 Å². The predicted octanol–water partition coefficient (Wildman–Crippen LogP) is 4.55. The Morgan fingerprint density at radius 3 is 2.55 bits per heavy atom. The summed E-state index contributed by atoms with van der Waals surface area (Å²) in [6.45, 7) is 2.80. The lowest BCUT2D eigenvalue weighted by molar-refractivity contribution is -0.138. The molecule has 5 rings (SSSR count). The molecule has 0 radical (unpaired) electrons. The van der Waals surface area contributed by atoms with Crippen LogP contribution in [0.3, 0.4) is 0 Å². The number of hydrogen-bond donors (Lipinski definition) is 1. The number of nitrogens with one attached hydrogen (secondary N) is 1. The second-order valence-corrected chi connectivity index (χ2v) is 9.27. The summed E-state index contributed by atoms with van der Waals surface area (Å²) in [7, 11) is 0. The SMILES string of the molecule is O=C(Cc1c[nH]c2ccccc12)N1CCC([C@H]2CC=CCN(Cc3ccccc3)C2=O)CC1. The number of amides is 2. The van der Waals surface area contributed by atoms with Gasteiger partial charge >= 0.3 is 0 Å². The van der Waals surface area contributed by atoms with Gasteiger partial charge in [-0.15, -0.1) is 0 Å². The van der Waals surface area contributed by atoms with Gasteiger partial charge in [-0.1, -0.05) is 60.7 Å². The minimum Gasteiger partial charge on any atom is -0.361 e. The molecule has 2 amide bonds. The molecule has 0 saturated carbocycles. The third-order valence-corrected chi connectivity index (χ3v) is 7.21. The summed E-state index contributed by atoms with van der Waals surface area (Å²) in [6, 6.07) is 18.3. The molecule has 0 unspecified atom stereocenters. The number of hydrogen-bond acceptors (Lipinski definition) is 2. The summed E-state index contributed by atoms with van der Waals surface area (Å²) in [5.74, 6) is 0.775. The fourth-order valence-electron chi connectivity index (χ4n) is 5.31. The lowest BCUT2D eigenvalue weighted by Gasteiger charge is -2.36. The van der Waals surface area contributed by atoms with E-state index >= 15 is 0 Å². The summed E-state index contributed by atoms with van der Waals surface area (Å²) >= 11 is 0. The quantitative estimate of drug-likeness (QED) is 0.591. The van der Waals surface area contributed by atoms with E-state index in [1.54, 1.807) is 0 Å². The van der Waals surface area contributed by atoms with Crippen molar-refractivity contribution < 1.29 is 9.59 Å². The van der Waals surface area contributed by atoms with E-state index in [0.717, 1.165) is 54.4 Å². The van der Waals surface area contributed by atoms with Crippen LogP contribution in [-0.2, 0) is 22.6 Å². The van der Waals surface area contributed by atoms with Crippen molar-refractivity contribution in [1.29, 1.82) is 0 Å². The zero-order valence-corrected chi connectivity index (χ0v) is 19.0. The van der Waals surface area contributed by atoms with Gasteiger partial charge in [0.2, 0.25) is 11.8 Å². The Kier molecular flexibility index (Phi) is 6.29. The molecule has 5 heteroatoms. The van der Waals surface area contributed by atoms with Gasteiger partial charge in [0.15, 0.2) is 0 Å². The summed E-state index contributed by atoms with van der Waals surface area (Å²) in [5, 5.41) is 1.12. The van der Waals surface area contributed by atoms with Crippen LogP contribution in [0.4, 0.5) is 0 Å². The van der Waals surface area contributed by atoms with E-state index < -0.39 is 0 Å². The number of H-pyrrole nitrogens is 1. The second kappa shape index (κ2) is 9.65. The number of benzene rings is 2. The Labute approximate surface area is 195 Å². The van der Waals surface area contributed by atoms with Crippen molar-refractivity contribution in [1.82, 2.24) is 14.8 Å². The van der Waals surface area contributed by atoms with E-state index in [-0.39, 0.29) is 17.7 Å². The van der Waals surface area contributed by atoms with E-state index in [0.29, 0.717) is 25.4 Å². The highest BCUT2D eigenvalue weighted by Crippen LogP contribution is 2.31. The minimum atomic E-state index is 0.0123. The van der Waals surface area contributed by atoms with E-state index in [9.17, 15) is 9.59 Å². The Morgan fingerprint density at radius 2 is 1.73 bits per heavy atom. The molecule has 3 aromatic rings. The summed E-state index contributed by atoms with van der Waals surface area (Å²) in [5.41, 5.74) is 3.29. The molecular weight excluding hydrogens is 410 g/mol. The molecule has 2 aromatic carbocycles. The molecule has 1 atom stereocenters. The molecule has 2 aliphatic heterocycles. The molecule has 3 heterocycles. The molecular formula is C28H31N3O2. The molecule has 33 heavy (non-hydrogen) atoms. The molecule has 0 bridgehead atoms. The van der Waals surface area contributed by atoms with Crippen LogP contribution in [0.25, 0.3) is 10.9 Å². The van der Waals surface area contributed by atoms with Crippen LogP contribution in [-0.4, -0.2) is 46.2 Å². The normalized spacial score (nSPS) is 19.8. The number of aromatic amines is 1. The van der Waals surface area contributed by atoms with Crippen molar-refractivity contribution in [2.45, 2.75) is 32.2 Å². The van der Waals surface area contributed by atoms with Gasteiger partial charge in [0, 0.05) is 49.2 Å². The molecule has 1 saturated heterocycles. The smallest absolute Gasteiger partial charge is 0.227 e. The number of nitrogens with zero attached hydrogens (tertiary/aromatic N) is 2. The molecule has 2 aliphatic rings. The lowest BCUT2D eigenvalue weighted by atomic mass is 9.81. The van der Waals surface area contributed by atoms with E-state index in [2.05, 4.69) is 35.3 Å². The maximum absolute atomic E-state index is 13.4. The zero-order chi connectivity index (χ0) is 22.6. The monoisotopic (exact) mass is 441 g/mol. The number of allylic oxidation sites excluding steroid dienone is 1. The summed E-state index contributed by atoms with van der Waals surface area (Å²) in [6.07, 6.45) is 9.25. The van der Waals surface area contributed by atoms with Crippen molar-refractivity contribution in [3.05, 3.63) is 84.1 Å². The topological polar surface area (TPSA) is 56.4 Å². The number of fused-ring (bicyclic) bond motifs is 1. The van der Waals surface area contributed by atoms with Gasteiger partial charge in [-0.05, 0) is 42.4 Å². The van der Waals surface area contributed by atoms with Crippen LogP contribution in [0, 0.1) is 11.8 Å². The van der Waals surface area contributed by atoms with Crippen molar-refractivity contribution in [2.75, 3.05) is 19.6 Å². The molecule has 0 spiro atoms. The van der Waals surface area contributed by atoms with Gasteiger partial charge in [0.1, 0.15) is 0 Å². The number of carbonyl (C=O) groups is 2. The molecule has 1 aromatic heterocycles. The molecule has 1 fully saturated rings. The number of para-hydroxylation sites is 1. The van der Waals surface area contributed by atoms with Crippen molar-refractivity contribution in [3.8, 4) is 0 Å². The number of carbonyl (C=O) groups excluding carboxylic acids is 2. The van der Waals surface area contributed by atoms with Crippen LogP contribution in [0.1, 0.15) is 30.4 Å². The van der Waals surface area contributed by atoms with Gasteiger partial charge in [-0.3, -0.25) is 9.59 Å². The molecule has 170 valence electrons. The van der Waals surface area contributed by atoms with Crippen LogP contribution in [0.2, 0.25) is 0 Å². The first-order valence-corrected chi connectivity index (χ1v) is 12.0. The number of piperidine rings is 1. The average molecular weight is 442 g/mol. The van der Waals surface area contributed by atoms with Gasteiger partial charge in [-0.2, -0.15) is 0 Å². The Bertz CT molecular complexity index is 1140. The summed E-state index contributed by atoms with van der Waals surface area (Å²) < 4.78 is 0. The molecule has 0 aliphatic carbocycles. The maximum atomic E-state index is 13.4. The highest BCUT2D eigenvalue weighted by atomic mass is 16.2. The average Bonchev–Trinajstić information content (AvgIpc) is 3.17.